The van der Waals surface area contributed by atoms with Gasteiger partial charge in [-0.25, -0.2) is 0 Å². The quantitative estimate of drug-likeness (QED) is 0.0926. The van der Waals surface area contributed by atoms with Crippen LogP contribution in [0.4, 0.5) is 5.69 Å². The second kappa shape index (κ2) is 18.8. The van der Waals surface area contributed by atoms with E-state index in [0.717, 1.165) is 67.8 Å². The fourth-order valence-electron chi connectivity index (χ4n) is 7.52. The summed E-state index contributed by atoms with van der Waals surface area (Å²) in [5, 5.41) is 0. The molecule has 0 radical (unpaired) electrons. The van der Waals surface area contributed by atoms with Gasteiger partial charge in [0.15, 0.2) is 23.0 Å². The number of benzene rings is 4. The zero-order valence-corrected chi connectivity index (χ0v) is 33.4. The van der Waals surface area contributed by atoms with Gasteiger partial charge >= 0.3 is 0 Å². The zero-order chi connectivity index (χ0) is 38.7. The molecule has 0 saturated carbocycles. The third-order valence-corrected chi connectivity index (χ3v) is 10.6. The number of methoxy groups -OCH3 is 6. The highest BCUT2D eigenvalue weighted by Gasteiger charge is 2.26. The molecule has 2 heterocycles. The van der Waals surface area contributed by atoms with Crippen LogP contribution < -0.4 is 33.3 Å². The van der Waals surface area contributed by atoms with E-state index < -0.39 is 0 Å². The minimum atomic E-state index is 0.416. The average Bonchev–Trinajstić information content (AvgIpc) is 3.24. The van der Waals surface area contributed by atoms with Gasteiger partial charge in [-0.3, -0.25) is 9.88 Å². The smallest absolute Gasteiger partial charge is 0.203 e. The molecule has 4 aromatic carbocycles. The number of piperidine rings is 1. The topological polar surface area (TPSA) is 74.8 Å². The van der Waals surface area contributed by atoms with E-state index in [1.807, 2.05) is 30.5 Å². The summed E-state index contributed by atoms with van der Waals surface area (Å²) in [6.07, 6.45) is 7.57. The number of hydrogen-bond donors (Lipinski definition) is 0. The van der Waals surface area contributed by atoms with Gasteiger partial charge < -0.3 is 33.3 Å². The summed E-state index contributed by atoms with van der Waals surface area (Å²) < 4.78 is 33.5. The molecule has 6 rings (SSSR count). The monoisotopic (exact) mass is 745 g/mol. The van der Waals surface area contributed by atoms with E-state index in [9.17, 15) is 0 Å². The summed E-state index contributed by atoms with van der Waals surface area (Å²) in [6, 6.07) is 30.7. The number of aryl methyl sites for hydroxylation is 1. The normalized spacial score (nSPS) is 13.3. The SMILES string of the molecule is CCCCc1ccc(N(Cc2ccc(-c3cc(OC)c(OC)c(OC)c3)cc2)C2CCN(Cc3ccnc(-c4cc(OC)c(OC)c(OC)c4)c3)CC2)cc1. The number of likely N-dealkylation sites (tertiary alicyclic amines) is 1. The van der Waals surface area contributed by atoms with Crippen molar-refractivity contribution in [2.75, 3.05) is 60.6 Å². The summed E-state index contributed by atoms with van der Waals surface area (Å²) in [5.74, 6) is 3.67. The Morgan fingerprint density at radius 3 is 1.67 bits per heavy atom. The summed E-state index contributed by atoms with van der Waals surface area (Å²) in [5.41, 5.74) is 9.06. The van der Waals surface area contributed by atoms with Crippen molar-refractivity contribution >= 4 is 5.69 Å². The molecule has 0 bridgehead atoms. The van der Waals surface area contributed by atoms with Crippen LogP contribution in [0.5, 0.6) is 34.5 Å². The molecule has 1 aliphatic heterocycles. The van der Waals surface area contributed by atoms with Gasteiger partial charge in [0.25, 0.3) is 0 Å². The number of aromatic nitrogens is 1. The second-order valence-corrected chi connectivity index (χ2v) is 14.0. The molecule has 0 amide bonds. The maximum absolute atomic E-state index is 5.62. The molecule has 1 fully saturated rings. The van der Waals surface area contributed by atoms with Crippen molar-refractivity contribution in [1.82, 2.24) is 9.88 Å². The summed E-state index contributed by atoms with van der Waals surface area (Å²) >= 11 is 0. The summed E-state index contributed by atoms with van der Waals surface area (Å²) in [7, 11) is 9.80. The number of anilines is 1. The van der Waals surface area contributed by atoms with Crippen molar-refractivity contribution < 1.29 is 28.4 Å². The molecule has 5 aromatic rings. The molecule has 0 spiro atoms. The number of ether oxygens (including phenoxy) is 6. The Morgan fingerprint density at radius 1 is 0.600 bits per heavy atom. The highest BCUT2D eigenvalue weighted by atomic mass is 16.5. The van der Waals surface area contributed by atoms with Crippen molar-refractivity contribution in [3.8, 4) is 56.9 Å². The Morgan fingerprint density at radius 2 is 1.15 bits per heavy atom. The van der Waals surface area contributed by atoms with Crippen LogP contribution in [0, 0.1) is 0 Å². The van der Waals surface area contributed by atoms with E-state index in [1.54, 1.807) is 42.7 Å². The van der Waals surface area contributed by atoms with Crippen LogP contribution in [0.3, 0.4) is 0 Å². The Hall–Kier alpha value is -5.41. The van der Waals surface area contributed by atoms with Crippen molar-refractivity contribution in [3.05, 3.63) is 108 Å². The fourth-order valence-corrected chi connectivity index (χ4v) is 7.52. The minimum Gasteiger partial charge on any atom is -0.493 e. The molecule has 1 aromatic heterocycles. The second-order valence-electron chi connectivity index (χ2n) is 14.0. The molecular weight excluding hydrogens is 691 g/mol. The Kier molecular flexibility index (Phi) is 13.4. The predicted octanol–water partition coefficient (Wildman–Crippen LogP) is 9.48. The third kappa shape index (κ3) is 9.28. The van der Waals surface area contributed by atoms with Crippen LogP contribution >= 0.6 is 0 Å². The number of rotatable bonds is 17. The van der Waals surface area contributed by atoms with Gasteiger partial charge in [0, 0.05) is 49.7 Å². The van der Waals surface area contributed by atoms with E-state index >= 15 is 0 Å². The Labute approximate surface area is 326 Å². The molecule has 9 heteroatoms. The predicted molar refractivity (Wildman–Crippen MR) is 220 cm³/mol. The van der Waals surface area contributed by atoms with Crippen LogP contribution in [0.15, 0.2) is 91.1 Å². The van der Waals surface area contributed by atoms with Gasteiger partial charge in [0.05, 0.1) is 48.4 Å². The molecule has 0 aliphatic carbocycles. The standard InChI is InChI=1S/C46H55N3O6/c1-8-9-10-32-13-17-38(18-14-32)49(31-33-11-15-35(16-12-33)36-26-41(50-2)45(54-6)42(27-36)51-3)39-20-23-48(24-21-39)30-34-19-22-47-40(25-34)37-28-43(52-4)46(55-7)44(29-37)53-5/h11-19,22,25-29,39H,8-10,20-21,23-24,30-31H2,1-7H3. The zero-order valence-electron chi connectivity index (χ0n) is 33.4. The lowest BCUT2D eigenvalue weighted by atomic mass is 9.98. The molecule has 55 heavy (non-hydrogen) atoms. The van der Waals surface area contributed by atoms with Crippen LogP contribution in [0.2, 0.25) is 0 Å². The van der Waals surface area contributed by atoms with Crippen molar-refractivity contribution in [2.45, 2.75) is 58.2 Å². The number of hydrogen-bond acceptors (Lipinski definition) is 9. The van der Waals surface area contributed by atoms with E-state index in [2.05, 4.69) is 77.4 Å². The summed E-state index contributed by atoms with van der Waals surface area (Å²) in [4.78, 5) is 9.87. The summed E-state index contributed by atoms with van der Waals surface area (Å²) in [6.45, 7) is 5.96. The van der Waals surface area contributed by atoms with Crippen LogP contribution in [0.1, 0.15) is 49.3 Å². The Bertz CT molecular complexity index is 1940. The lowest BCUT2D eigenvalue weighted by molar-refractivity contribution is 0.201. The molecule has 0 unspecified atom stereocenters. The van der Waals surface area contributed by atoms with Gasteiger partial charge in [0.1, 0.15) is 0 Å². The van der Waals surface area contributed by atoms with Gasteiger partial charge in [0.2, 0.25) is 11.5 Å². The van der Waals surface area contributed by atoms with Gasteiger partial charge in [-0.05, 0) is 102 Å². The molecule has 290 valence electrons. The molecule has 1 saturated heterocycles. The molecule has 0 N–H and O–H groups in total. The van der Waals surface area contributed by atoms with Crippen molar-refractivity contribution in [1.29, 1.82) is 0 Å². The van der Waals surface area contributed by atoms with Gasteiger partial charge in [-0.15, -0.1) is 0 Å². The fraction of sp³-hybridized carbons (Fsp3) is 0.370. The largest absolute Gasteiger partial charge is 0.493 e. The average molecular weight is 746 g/mol. The first kappa shape index (κ1) is 39.3. The Balaban J connectivity index is 1.18. The highest BCUT2D eigenvalue weighted by molar-refractivity contribution is 5.72. The van der Waals surface area contributed by atoms with E-state index in [0.29, 0.717) is 40.5 Å². The first-order valence-electron chi connectivity index (χ1n) is 19.1. The van der Waals surface area contributed by atoms with Crippen LogP contribution in [-0.4, -0.2) is 71.7 Å². The van der Waals surface area contributed by atoms with E-state index in [-0.39, 0.29) is 0 Å². The van der Waals surface area contributed by atoms with E-state index in [1.165, 1.54) is 35.2 Å². The first-order valence-corrected chi connectivity index (χ1v) is 19.1. The lowest BCUT2D eigenvalue weighted by Crippen LogP contribution is -2.44. The number of pyridine rings is 1. The maximum atomic E-state index is 5.62. The number of unbranched alkanes of at least 4 members (excludes halogenated alkanes) is 1. The molecule has 9 nitrogen and oxygen atoms in total. The van der Waals surface area contributed by atoms with Gasteiger partial charge in [-0.2, -0.15) is 0 Å². The van der Waals surface area contributed by atoms with Crippen molar-refractivity contribution in [3.63, 3.8) is 0 Å². The first-order chi connectivity index (χ1) is 26.9. The minimum absolute atomic E-state index is 0.416. The molecule has 1 aliphatic rings. The maximum Gasteiger partial charge on any atom is 0.203 e. The van der Waals surface area contributed by atoms with Crippen molar-refractivity contribution in [2.24, 2.45) is 0 Å². The third-order valence-electron chi connectivity index (χ3n) is 10.6. The lowest BCUT2D eigenvalue weighted by Gasteiger charge is -2.40. The highest BCUT2D eigenvalue weighted by Crippen LogP contribution is 2.42. The molecule has 0 atom stereocenters. The van der Waals surface area contributed by atoms with Gasteiger partial charge in [-0.1, -0.05) is 49.7 Å². The van der Waals surface area contributed by atoms with Crippen LogP contribution in [0.25, 0.3) is 22.4 Å². The van der Waals surface area contributed by atoms with E-state index in [4.69, 9.17) is 33.4 Å². The van der Waals surface area contributed by atoms with Crippen LogP contribution in [-0.2, 0) is 19.5 Å². The molecular formula is C46H55N3O6. The number of nitrogens with zero attached hydrogens (tertiary/aromatic N) is 3.